The van der Waals surface area contributed by atoms with Crippen molar-refractivity contribution in [1.29, 1.82) is 0 Å². The van der Waals surface area contributed by atoms with Crippen LogP contribution in [0.25, 0.3) is 11.1 Å². The highest BCUT2D eigenvalue weighted by atomic mass is 14.6. The molecule has 15 heavy (non-hydrogen) atoms. The standard InChI is InChI=1S/C13H14N2/c1-9-3-4-13(14)12(7-9)11-5-6-15-8-10(11)2/h3-8H,14H2,1-2H3. The number of hydrogen-bond acceptors (Lipinski definition) is 2. The molecule has 0 amide bonds. The predicted octanol–water partition coefficient (Wildman–Crippen LogP) is 2.95. The van der Waals surface area contributed by atoms with Gasteiger partial charge < -0.3 is 5.73 Å². The maximum absolute atomic E-state index is 5.97. The SMILES string of the molecule is Cc1ccc(N)c(-c2ccncc2C)c1. The Balaban J connectivity index is 2.64. The van der Waals surface area contributed by atoms with Crippen molar-refractivity contribution in [3.63, 3.8) is 0 Å². The summed E-state index contributed by atoms with van der Waals surface area (Å²) in [6, 6.07) is 8.08. The number of nitrogens with two attached hydrogens (primary N) is 1. The van der Waals surface area contributed by atoms with Crippen molar-refractivity contribution in [2.75, 3.05) is 5.73 Å². The van der Waals surface area contributed by atoms with Crippen LogP contribution in [0.5, 0.6) is 0 Å². The summed E-state index contributed by atoms with van der Waals surface area (Å²) in [5.74, 6) is 0. The van der Waals surface area contributed by atoms with Gasteiger partial charge in [-0.15, -0.1) is 0 Å². The molecular formula is C13H14N2. The number of aryl methyl sites for hydroxylation is 2. The lowest BCUT2D eigenvalue weighted by atomic mass is 9.99. The van der Waals surface area contributed by atoms with Crippen LogP contribution in [0, 0.1) is 13.8 Å². The Labute approximate surface area is 89.8 Å². The van der Waals surface area contributed by atoms with E-state index in [1.165, 1.54) is 5.56 Å². The maximum Gasteiger partial charge on any atom is 0.0394 e. The fourth-order valence-corrected chi connectivity index (χ4v) is 1.68. The summed E-state index contributed by atoms with van der Waals surface area (Å²) < 4.78 is 0. The minimum absolute atomic E-state index is 0.815. The third kappa shape index (κ3) is 1.84. The fourth-order valence-electron chi connectivity index (χ4n) is 1.68. The average Bonchev–Trinajstić information content (AvgIpc) is 2.23. The van der Waals surface area contributed by atoms with Crippen LogP contribution < -0.4 is 5.73 Å². The van der Waals surface area contributed by atoms with Crippen molar-refractivity contribution < 1.29 is 0 Å². The number of anilines is 1. The summed E-state index contributed by atoms with van der Waals surface area (Å²) in [5.41, 5.74) is 11.4. The van der Waals surface area contributed by atoms with Gasteiger partial charge in [0.15, 0.2) is 0 Å². The lowest BCUT2D eigenvalue weighted by molar-refractivity contribution is 1.27. The normalized spacial score (nSPS) is 10.3. The molecule has 2 N–H and O–H groups in total. The Kier molecular flexibility index (Phi) is 2.42. The van der Waals surface area contributed by atoms with E-state index in [0.717, 1.165) is 22.4 Å². The molecular weight excluding hydrogens is 184 g/mol. The first-order chi connectivity index (χ1) is 7.18. The summed E-state index contributed by atoms with van der Waals surface area (Å²) >= 11 is 0. The van der Waals surface area contributed by atoms with Gasteiger partial charge in [-0.2, -0.15) is 0 Å². The highest BCUT2D eigenvalue weighted by Gasteiger charge is 2.05. The second kappa shape index (κ2) is 3.73. The van der Waals surface area contributed by atoms with Gasteiger partial charge in [-0.1, -0.05) is 11.6 Å². The van der Waals surface area contributed by atoms with Crippen molar-refractivity contribution in [3.05, 3.63) is 47.8 Å². The average molecular weight is 198 g/mol. The molecule has 0 bridgehead atoms. The van der Waals surface area contributed by atoms with Crippen molar-refractivity contribution in [2.45, 2.75) is 13.8 Å². The van der Waals surface area contributed by atoms with Gasteiger partial charge in [-0.3, -0.25) is 4.98 Å². The van der Waals surface area contributed by atoms with E-state index in [9.17, 15) is 0 Å². The zero-order chi connectivity index (χ0) is 10.8. The smallest absolute Gasteiger partial charge is 0.0394 e. The first-order valence-corrected chi connectivity index (χ1v) is 4.95. The van der Waals surface area contributed by atoms with Crippen LogP contribution >= 0.6 is 0 Å². The Morgan fingerprint density at radius 3 is 2.60 bits per heavy atom. The topological polar surface area (TPSA) is 38.9 Å². The summed E-state index contributed by atoms with van der Waals surface area (Å²) in [5, 5.41) is 0. The number of rotatable bonds is 1. The number of nitrogen functional groups attached to an aromatic ring is 1. The van der Waals surface area contributed by atoms with E-state index in [4.69, 9.17) is 5.73 Å². The molecule has 76 valence electrons. The molecule has 2 heteroatoms. The van der Waals surface area contributed by atoms with Crippen LogP contribution in [0.2, 0.25) is 0 Å². The zero-order valence-electron chi connectivity index (χ0n) is 8.99. The molecule has 0 fully saturated rings. The maximum atomic E-state index is 5.97. The second-order valence-corrected chi connectivity index (χ2v) is 3.78. The highest BCUT2D eigenvalue weighted by Crippen LogP contribution is 2.28. The Bertz CT molecular complexity index is 490. The minimum atomic E-state index is 0.815. The molecule has 2 aromatic rings. The number of hydrogen-bond donors (Lipinski definition) is 1. The van der Waals surface area contributed by atoms with E-state index >= 15 is 0 Å². The molecule has 0 saturated carbocycles. The Morgan fingerprint density at radius 1 is 1.07 bits per heavy atom. The second-order valence-electron chi connectivity index (χ2n) is 3.78. The molecule has 0 aliphatic rings. The summed E-state index contributed by atoms with van der Waals surface area (Å²) in [6.07, 6.45) is 3.65. The van der Waals surface area contributed by atoms with Gasteiger partial charge in [0.05, 0.1) is 0 Å². The van der Waals surface area contributed by atoms with E-state index in [0.29, 0.717) is 0 Å². The molecule has 2 rings (SSSR count). The van der Waals surface area contributed by atoms with E-state index in [1.54, 1.807) is 6.20 Å². The fraction of sp³-hybridized carbons (Fsp3) is 0.154. The van der Waals surface area contributed by atoms with Crippen LogP contribution in [-0.4, -0.2) is 4.98 Å². The zero-order valence-corrected chi connectivity index (χ0v) is 8.99. The van der Waals surface area contributed by atoms with E-state index in [2.05, 4.69) is 18.0 Å². The number of pyridine rings is 1. The van der Waals surface area contributed by atoms with Crippen molar-refractivity contribution >= 4 is 5.69 Å². The first kappa shape index (κ1) is 9.71. The van der Waals surface area contributed by atoms with Gasteiger partial charge in [0.2, 0.25) is 0 Å². The molecule has 0 saturated heterocycles. The van der Waals surface area contributed by atoms with E-state index < -0.39 is 0 Å². The highest BCUT2D eigenvalue weighted by molar-refractivity contribution is 5.78. The molecule has 1 aromatic heterocycles. The third-order valence-electron chi connectivity index (χ3n) is 2.52. The van der Waals surface area contributed by atoms with Gasteiger partial charge in [0.1, 0.15) is 0 Å². The van der Waals surface area contributed by atoms with Gasteiger partial charge in [0, 0.05) is 23.6 Å². The Morgan fingerprint density at radius 2 is 1.87 bits per heavy atom. The molecule has 0 atom stereocenters. The van der Waals surface area contributed by atoms with E-state index in [-0.39, 0.29) is 0 Å². The number of benzene rings is 1. The molecule has 0 unspecified atom stereocenters. The van der Waals surface area contributed by atoms with Crippen molar-refractivity contribution in [2.24, 2.45) is 0 Å². The third-order valence-corrected chi connectivity index (χ3v) is 2.52. The van der Waals surface area contributed by atoms with E-state index in [1.807, 2.05) is 31.3 Å². The molecule has 0 aliphatic heterocycles. The van der Waals surface area contributed by atoms with Gasteiger partial charge >= 0.3 is 0 Å². The number of nitrogens with zero attached hydrogens (tertiary/aromatic N) is 1. The first-order valence-electron chi connectivity index (χ1n) is 4.95. The lowest BCUT2D eigenvalue weighted by Gasteiger charge is -2.09. The predicted molar refractivity (Wildman–Crippen MR) is 63.6 cm³/mol. The van der Waals surface area contributed by atoms with Gasteiger partial charge in [-0.25, -0.2) is 0 Å². The Hall–Kier alpha value is -1.83. The molecule has 2 nitrogen and oxygen atoms in total. The minimum Gasteiger partial charge on any atom is -0.398 e. The molecule has 0 radical (unpaired) electrons. The quantitative estimate of drug-likeness (QED) is 0.715. The van der Waals surface area contributed by atoms with Crippen LogP contribution in [0.1, 0.15) is 11.1 Å². The molecule has 1 heterocycles. The number of aromatic nitrogens is 1. The summed E-state index contributed by atoms with van der Waals surface area (Å²) in [6.45, 7) is 4.11. The van der Waals surface area contributed by atoms with Crippen LogP contribution in [0.4, 0.5) is 5.69 Å². The van der Waals surface area contributed by atoms with Gasteiger partial charge in [0.25, 0.3) is 0 Å². The van der Waals surface area contributed by atoms with Crippen molar-refractivity contribution in [3.8, 4) is 11.1 Å². The molecule has 1 aromatic carbocycles. The van der Waals surface area contributed by atoms with Crippen LogP contribution in [0.15, 0.2) is 36.7 Å². The summed E-state index contributed by atoms with van der Waals surface area (Å²) in [4.78, 5) is 4.08. The molecule has 0 spiro atoms. The monoisotopic (exact) mass is 198 g/mol. The van der Waals surface area contributed by atoms with Crippen molar-refractivity contribution in [1.82, 2.24) is 4.98 Å². The lowest BCUT2D eigenvalue weighted by Crippen LogP contribution is -1.92. The molecule has 0 aliphatic carbocycles. The summed E-state index contributed by atoms with van der Waals surface area (Å²) in [7, 11) is 0. The van der Waals surface area contributed by atoms with Crippen LogP contribution in [-0.2, 0) is 0 Å². The van der Waals surface area contributed by atoms with Gasteiger partial charge in [-0.05, 0) is 43.2 Å². The van der Waals surface area contributed by atoms with Crippen LogP contribution in [0.3, 0.4) is 0 Å². The largest absolute Gasteiger partial charge is 0.398 e.